The number of nitrogens with one attached hydrogen (secondary N) is 1. The summed E-state index contributed by atoms with van der Waals surface area (Å²) in [6.45, 7) is 0. The summed E-state index contributed by atoms with van der Waals surface area (Å²) in [5.74, 6) is 0.0145. The maximum Gasteiger partial charge on any atom is 0.238 e. The molecule has 1 atom stereocenters. The fraction of sp³-hybridized carbons (Fsp3) is 0.300. The molecule has 1 N–H and O–H groups in total. The minimum absolute atomic E-state index is 0.0145. The van der Waals surface area contributed by atoms with Gasteiger partial charge < -0.3 is 5.32 Å². The van der Waals surface area contributed by atoms with Crippen molar-refractivity contribution in [1.82, 2.24) is 25.5 Å². The number of hydrogen-bond donors (Lipinski definition) is 1. The van der Waals surface area contributed by atoms with Crippen LogP contribution in [0.25, 0.3) is 5.69 Å². The van der Waals surface area contributed by atoms with Crippen LogP contribution >= 0.6 is 11.8 Å². The first-order valence-electron chi connectivity index (χ1n) is 9.17. The number of para-hydroxylation sites is 1. The summed E-state index contributed by atoms with van der Waals surface area (Å²) in [6.07, 6.45) is 4.47. The van der Waals surface area contributed by atoms with E-state index in [4.69, 9.17) is 0 Å². The van der Waals surface area contributed by atoms with Crippen molar-refractivity contribution in [2.24, 2.45) is 0 Å². The number of carbonyl (C=O) groups is 1. The van der Waals surface area contributed by atoms with Crippen LogP contribution in [0.2, 0.25) is 0 Å². The Morgan fingerprint density at radius 1 is 1.04 bits per heavy atom. The van der Waals surface area contributed by atoms with E-state index in [9.17, 15) is 4.79 Å². The standard InChI is InChI=1S/C20H21N5OS/c26-19(21-16-11-7-8-12-16)18(15-9-3-1-4-10-15)27-20-22-23-24-25(20)17-13-5-2-6-14-17/h1-6,9-10,13-14,16,18H,7-8,11-12H2,(H,21,26)/t18-/m1/s1. The Hall–Kier alpha value is -2.67. The van der Waals surface area contributed by atoms with E-state index in [1.165, 1.54) is 24.6 Å². The molecule has 3 aromatic rings. The number of aromatic nitrogens is 4. The fourth-order valence-electron chi connectivity index (χ4n) is 3.34. The average molecular weight is 379 g/mol. The van der Waals surface area contributed by atoms with Crippen molar-refractivity contribution < 1.29 is 4.79 Å². The molecule has 1 heterocycles. The van der Waals surface area contributed by atoms with Gasteiger partial charge >= 0.3 is 0 Å². The van der Waals surface area contributed by atoms with E-state index < -0.39 is 5.25 Å². The molecule has 6 nitrogen and oxygen atoms in total. The van der Waals surface area contributed by atoms with Crippen LogP contribution in [0.3, 0.4) is 0 Å². The maximum atomic E-state index is 13.1. The molecule has 1 amide bonds. The number of nitrogens with zero attached hydrogens (tertiary/aromatic N) is 4. The van der Waals surface area contributed by atoms with E-state index in [2.05, 4.69) is 20.8 Å². The highest BCUT2D eigenvalue weighted by Gasteiger charge is 2.28. The molecule has 2 aromatic carbocycles. The lowest BCUT2D eigenvalue weighted by molar-refractivity contribution is -0.121. The summed E-state index contributed by atoms with van der Waals surface area (Å²) < 4.78 is 1.67. The summed E-state index contributed by atoms with van der Waals surface area (Å²) in [6, 6.07) is 19.8. The zero-order valence-electron chi connectivity index (χ0n) is 14.9. The summed E-state index contributed by atoms with van der Waals surface area (Å²) in [5.41, 5.74) is 1.81. The molecule has 0 radical (unpaired) electrons. The number of thioether (sulfide) groups is 1. The van der Waals surface area contributed by atoms with Crippen LogP contribution < -0.4 is 5.32 Å². The van der Waals surface area contributed by atoms with Gasteiger partial charge in [-0.1, -0.05) is 73.1 Å². The summed E-state index contributed by atoms with van der Waals surface area (Å²) in [5, 5.41) is 15.5. The highest BCUT2D eigenvalue weighted by molar-refractivity contribution is 8.00. The highest BCUT2D eigenvalue weighted by atomic mass is 32.2. The lowest BCUT2D eigenvalue weighted by atomic mass is 10.1. The first-order chi connectivity index (χ1) is 13.3. The third-order valence-corrected chi connectivity index (χ3v) is 5.89. The van der Waals surface area contributed by atoms with E-state index in [1.54, 1.807) is 4.68 Å². The lowest BCUT2D eigenvalue weighted by Gasteiger charge is -2.19. The molecule has 0 bridgehead atoms. The fourth-order valence-corrected chi connectivity index (χ4v) is 4.34. The second-order valence-electron chi connectivity index (χ2n) is 6.61. The van der Waals surface area contributed by atoms with E-state index in [0.717, 1.165) is 24.1 Å². The van der Waals surface area contributed by atoms with Gasteiger partial charge in [-0.25, -0.2) is 0 Å². The predicted molar refractivity (Wildman–Crippen MR) is 105 cm³/mol. The Kier molecular flexibility index (Phi) is 5.48. The topological polar surface area (TPSA) is 72.7 Å². The molecule has 4 rings (SSSR count). The maximum absolute atomic E-state index is 13.1. The Morgan fingerprint density at radius 3 is 2.41 bits per heavy atom. The lowest BCUT2D eigenvalue weighted by Crippen LogP contribution is -2.35. The minimum Gasteiger partial charge on any atom is -0.352 e. The van der Waals surface area contributed by atoms with Gasteiger partial charge in [-0.3, -0.25) is 4.79 Å². The van der Waals surface area contributed by atoms with Gasteiger partial charge in [-0.05, 0) is 41.0 Å². The van der Waals surface area contributed by atoms with Crippen molar-refractivity contribution >= 4 is 17.7 Å². The third-order valence-electron chi connectivity index (χ3n) is 4.71. The van der Waals surface area contributed by atoms with E-state index in [-0.39, 0.29) is 11.9 Å². The van der Waals surface area contributed by atoms with E-state index in [0.29, 0.717) is 5.16 Å². The molecular weight excluding hydrogens is 358 g/mol. The van der Waals surface area contributed by atoms with Gasteiger partial charge in [0.2, 0.25) is 11.1 Å². The molecule has 1 fully saturated rings. The van der Waals surface area contributed by atoms with Gasteiger partial charge in [-0.2, -0.15) is 4.68 Å². The molecule has 0 aliphatic heterocycles. The van der Waals surface area contributed by atoms with E-state index >= 15 is 0 Å². The Morgan fingerprint density at radius 2 is 1.70 bits per heavy atom. The second kappa shape index (κ2) is 8.35. The van der Waals surface area contributed by atoms with Gasteiger partial charge in [-0.15, -0.1) is 5.10 Å². The Balaban J connectivity index is 1.60. The minimum atomic E-state index is -0.403. The molecule has 1 aromatic heterocycles. The number of rotatable bonds is 6. The van der Waals surface area contributed by atoms with Gasteiger partial charge in [0.15, 0.2) is 0 Å². The van der Waals surface area contributed by atoms with Crippen molar-refractivity contribution in [3.05, 3.63) is 66.2 Å². The molecular formula is C20H21N5OS. The Labute approximate surface area is 162 Å². The third kappa shape index (κ3) is 4.19. The highest BCUT2D eigenvalue weighted by Crippen LogP contribution is 2.35. The van der Waals surface area contributed by atoms with E-state index in [1.807, 2.05) is 60.7 Å². The van der Waals surface area contributed by atoms with Gasteiger partial charge in [0.1, 0.15) is 5.25 Å². The number of tetrazole rings is 1. The number of benzene rings is 2. The van der Waals surface area contributed by atoms with Crippen molar-refractivity contribution in [2.75, 3.05) is 0 Å². The number of carbonyl (C=O) groups excluding carboxylic acids is 1. The predicted octanol–water partition coefficient (Wildman–Crippen LogP) is 3.55. The molecule has 0 saturated heterocycles. The molecule has 138 valence electrons. The van der Waals surface area contributed by atoms with Gasteiger partial charge in [0, 0.05) is 6.04 Å². The van der Waals surface area contributed by atoms with Crippen LogP contribution in [0, 0.1) is 0 Å². The summed E-state index contributed by atoms with van der Waals surface area (Å²) >= 11 is 1.38. The molecule has 7 heteroatoms. The SMILES string of the molecule is O=C(NC1CCCC1)[C@H](Sc1nnnn1-c1ccccc1)c1ccccc1. The summed E-state index contributed by atoms with van der Waals surface area (Å²) in [7, 11) is 0. The largest absolute Gasteiger partial charge is 0.352 e. The average Bonchev–Trinajstić information content (AvgIpc) is 3.39. The monoisotopic (exact) mass is 379 g/mol. The van der Waals surface area contributed by atoms with Crippen molar-refractivity contribution in [3.8, 4) is 5.69 Å². The van der Waals surface area contributed by atoms with Gasteiger partial charge in [0.05, 0.1) is 5.69 Å². The first kappa shape index (κ1) is 17.7. The molecule has 27 heavy (non-hydrogen) atoms. The van der Waals surface area contributed by atoms with Crippen LogP contribution in [0.4, 0.5) is 0 Å². The molecule has 1 saturated carbocycles. The van der Waals surface area contributed by atoms with Crippen molar-refractivity contribution in [2.45, 2.75) is 42.1 Å². The van der Waals surface area contributed by atoms with Gasteiger partial charge in [0.25, 0.3) is 0 Å². The summed E-state index contributed by atoms with van der Waals surface area (Å²) in [4.78, 5) is 13.1. The first-order valence-corrected chi connectivity index (χ1v) is 10.0. The van der Waals surface area contributed by atoms with Crippen molar-refractivity contribution in [3.63, 3.8) is 0 Å². The zero-order valence-corrected chi connectivity index (χ0v) is 15.7. The zero-order chi connectivity index (χ0) is 18.5. The molecule has 0 spiro atoms. The van der Waals surface area contributed by atoms with Crippen LogP contribution in [0.15, 0.2) is 65.8 Å². The molecule has 1 aliphatic rings. The molecule has 1 aliphatic carbocycles. The van der Waals surface area contributed by atoms with Crippen LogP contribution in [0.1, 0.15) is 36.5 Å². The number of hydrogen-bond acceptors (Lipinski definition) is 5. The van der Waals surface area contributed by atoms with Crippen LogP contribution in [-0.4, -0.2) is 32.2 Å². The van der Waals surface area contributed by atoms with Crippen LogP contribution in [0.5, 0.6) is 0 Å². The second-order valence-corrected chi connectivity index (χ2v) is 7.68. The van der Waals surface area contributed by atoms with Crippen LogP contribution in [-0.2, 0) is 4.79 Å². The normalized spacial score (nSPS) is 15.6. The Bertz CT molecular complexity index is 878. The number of amides is 1. The molecule has 0 unspecified atom stereocenters. The quantitative estimate of drug-likeness (QED) is 0.663. The van der Waals surface area contributed by atoms with Crippen molar-refractivity contribution in [1.29, 1.82) is 0 Å². The smallest absolute Gasteiger partial charge is 0.238 e.